The molecule has 1 saturated heterocycles. The molecule has 0 radical (unpaired) electrons. The van der Waals surface area contributed by atoms with Gasteiger partial charge in [-0.15, -0.1) is 0 Å². The number of nitrogens with zero attached hydrogens (tertiary/aromatic N) is 2. The van der Waals surface area contributed by atoms with Crippen molar-refractivity contribution in [2.75, 3.05) is 6.54 Å². The molecule has 1 aromatic carbocycles. The van der Waals surface area contributed by atoms with Gasteiger partial charge in [0.2, 0.25) is 5.91 Å². The molecular formula is C29H43N3OS. The molecule has 186 valence electrons. The van der Waals surface area contributed by atoms with E-state index in [4.69, 9.17) is 5.73 Å². The van der Waals surface area contributed by atoms with Crippen LogP contribution < -0.4 is 5.73 Å². The van der Waals surface area contributed by atoms with E-state index in [1.54, 1.807) is 11.8 Å². The molecule has 0 saturated carbocycles. The SMILES string of the molecule is C=CSC(=C(C)C)c1cccc(CCC/C=C\N=C(/C)C2CCCN2C(=O)C(N)C(C)(C)C)c1. The largest absolute Gasteiger partial charge is 0.333 e. The van der Waals surface area contributed by atoms with Gasteiger partial charge in [-0.25, -0.2) is 0 Å². The lowest BCUT2D eigenvalue weighted by Gasteiger charge is -2.33. The van der Waals surface area contributed by atoms with Crippen molar-refractivity contribution >= 4 is 28.3 Å². The van der Waals surface area contributed by atoms with Gasteiger partial charge in [0.15, 0.2) is 0 Å². The molecule has 0 bridgehead atoms. The number of carbonyl (C=O) groups is 1. The predicted octanol–water partition coefficient (Wildman–Crippen LogP) is 6.98. The van der Waals surface area contributed by atoms with Gasteiger partial charge in [-0.05, 0) is 74.8 Å². The van der Waals surface area contributed by atoms with Crippen molar-refractivity contribution in [1.29, 1.82) is 0 Å². The first-order valence-electron chi connectivity index (χ1n) is 12.4. The van der Waals surface area contributed by atoms with Crippen molar-refractivity contribution in [3.05, 3.63) is 65.2 Å². The summed E-state index contributed by atoms with van der Waals surface area (Å²) in [5, 5.41) is 1.89. The summed E-state index contributed by atoms with van der Waals surface area (Å²) in [6, 6.07) is 8.37. The van der Waals surface area contributed by atoms with Gasteiger partial charge < -0.3 is 10.6 Å². The molecule has 1 heterocycles. The van der Waals surface area contributed by atoms with Crippen LogP contribution in [0.25, 0.3) is 4.91 Å². The van der Waals surface area contributed by atoms with Gasteiger partial charge in [0, 0.05) is 23.4 Å². The highest BCUT2D eigenvalue weighted by Crippen LogP contribution is 2.32. The number of benzene rings is 1. The summed E-state index contributed by atoms with van der Waals surface area (Å²) >= 11 is 1.68. The number of rotatable bonds is 10. The Balaban J connectivity index is 1.90. The van der Waals surface area contributed by atoms with Crippen LogP contribution in [0, 0.1) is 5.41 Å². The second-order valence-corrected chi connectivity index (χ2v) is 11.4. The average Bonchev–Trinajstić information content (AvgIpc) is 3.28. The zero-order chi connectivity index (χ0) is 25.3. The molecule has 0 aliphatic carbocycles. The summed E-state index contributed by atoms with van der Waals surface area (Å²) in [5.41, 5.74) is 10.9. The van der Waals surface area contributed by atoms with Crippen LogP contribution in [0.1, 0.15) is 78.4 Å². The van der Waals surface area contributed by atoms with Crippen molar-refractivity contribution in [1.82, 2.24) is 4.90 Å². The van der Waals surface area contributed by atoms with Gasteiger partial charge in [0.05, 0.1) is 12.1 Å². The maximum Gasteiger partial charge on any atom is 0.240 e. The zero-order valence-corrected chi connectivity index (χ0v) is 22.8. The van der Waals surface area contributed by atoms with Crippen LogP contribution in [0.5, 0.6) is 0 Å². The molecule has 1 aromatic rings. The van der Waals surface area contributed by atoms with Gasteiger partial charge in [0.25, 0.3) is 0 Å². The van der Waals surface area contributed by atoms with Crippen molar-refractivity contribution < 1.29 is 4.79 Å². The highest BCUT2D eigenvalue weighted by Gasteiger charge is 2.37. The molecule has 5 heteroatoms. The van der Waals surface area contributed by atoms with Crippen molar-refractivity contribution in [2.24, 2.45) is 16.1 Å². The van der Waals surface area contributed by atoms with E-state index in [2.05, 4.69) is 55.8 Å². The monoisotopic (exact) mass is 481 g/mol. The van der Waals surface area contributed by atoms with E-state index in [0.29, 0.717) is 0 Å². The van der Waals surface area contributed by atoms with Gasteiger partial charge in [-0.2, -0.15) is 0 Å². The number of amides is 1. The second-order valence-electron chi connectivity index (χ2n) is 10.4. The number of nitrogens with two attached hydrogens (primary N) is 1. The Hall–Kier alpha value is -2.11. The first-order valence-corrected chi connectivity index (χ1v) is 13.2. The Labute approximate surface area is 211 Å². The molecule has 2 atom stereocenters. The number of allylic oxidation sites excluding steroid dienone is 2. The van der Waals surface area contributed by atoms with Crippen LogP contribution in [0.15, 0.2) is 59.1 Å². The Kier molecular flexibility index (Phi) is 10.8. The first kappa shape index (κ1) is 28.1. The number of hydrogen-bond donors (Lipinski definition) is 1. The minimum Gasteiger partial charge on any atom is -0.333 e. The summed E-state index contributed by atoms with van der Waals surface area (Å²) in [6.07, 6.45) is 9.07. The Morgan fingerprint density at radius 2 is 2.06 bits per heavy atom. The van der Waals surface area contributed by atoms with Crippen molar-refractivity contribution in [2.45, 2.75) is 85.7 Å². The Bertz CT molecular complexity index is 935. The second kappa shape index (κ2) is 13.1. The average molecular weight is 482 g/mol. The smallest absolute Gasteiger partial charge is 0.240 e. The predicted molar refractivity (Wildman–Crippen MR) is 150 cm³/mol. The molecule has 2 rings (SSSR count). The fourth-order valence-electron chi connectivity index (χ4n) is 4.19. The third-order valence-electron chi connectivity index (χ3n) is 6.28. The molecule has 1 aliphatic heterocycles. The Morgan fingerprint density at radius 3 is 2.71 bits per heavy atom. The standard InChI is InChI=1S/C29H43N3OS/c1-8-34-26(21(2)3)24-16-12-15-23(20-24)14-10-9-11-18-31-22(4)25-17-13-19-32(25)28(33)27(30)29(5,6)7/h8,11-12,15-16,18,20,25,27H,1,9-10,13-14,17,19,30H2,2-7H3/b18-11-,31-22+. The van der Waals surface area contributed by atoms with Crippen LogP contribution in [-0.2, 0) is 11.2 Å². The number of hydrogen-bond acceptors (Lipinski definition) is 4. The van der Waals surface area contributed by atoms with Crippen LogP contribution >= 0.6 is 11.8 Å². The van der Waals surface area contributed by atoms with Gasteiger partial charge in [0.1, 0.15) is 0 Å². The number of carbonyl (C=O) groups excluding carboxylic acids is 1. The molecular weight excluding hydrogens is 438 g/mol. The van der Waals surface area contributed by atoms with E-state index in [1.807, 2.05) is 44.2 Å². The van der Waals surface area contributed by atoms with Crippen LogP contribution in [0.4, 0.5) is 0 Å². The van der Waals surface area contributed by atoms with Crippen molar-refractivity contribution in [3.63, 3.8) is 0 Å². The highest BCUT2D eigenvalue weighted by atomic mass is 32.2. The lowest BCUT2D eigenvalue weighted by Crippen LogP contribution is -2.53. The van der Waals surface area contributed by atoms with Gasteiger partial charge >= 0.3 is 0 Å². The third kappa shape index (κ3) is 7.99. The molecule has 0 aromatic heterocycles. The number of unbranched alkanes of at least 4 members (excludes halogenated alkanes) is 1. The van der Waals surface area contributed by atoms with Crippen LogP contribution in [-0.4, -0.2) is 35.1 Å². The Morgan fingerprint density at radius 1 is 1.32 bits per heavy atom. The molecule has 1 fully saturated rings. The topological polar surface area (TPSA) is 58.7 Å². The molecule has 2 N–H and O–H groups in total. The van der Waals surface area contributed by atoms with E-state index < -0.39 is 6.04 Å². The molecule has 1 aliphatic rings. The number of aliphatic imine (C=N–C) groups is 1. The van der Waals surface area contributed by atoms with E-state index in [1.165, 1.54) is 21.6 Å². The minimum absolute atomic E-state index is 0.0403. The molecule has 34 heavy (non-hydrogen) atoms. The number of thioether (sulfide) groups is 1. The molecule has 1 amide bonds. The maximum absolute atomic E-state index is 12.9. The third-order valence-corrected chi connectivity index (χ3v) is 7.33. The lowest BCUT2D eigenvalue weighted by atomic mass is 9.86. The van der Waals surface area contributed by atoms with Gasteiger partial charge in [-0.1, -0.05) is 75.0 Å². The number of likely N-dealkylation sites (tertiary alicyclic amines) is 1. The minimum atomic E-state index is -0.488. The maximum atomic E-state index is 12.9. The van der Waals surface area contributed by atoms with E-state index >= 15 is 0 Å². The first-order chi connectivity index (χ1) is 16.1. The molecule has 0 spiro atoms. The summed E-state index contributed by atoms with van der Waals surface area (Å²) in [5.74, 6) is 0.0403. The molecule has 4 nitrogen and oxygen atoms in total. The van der Waals surface area contributed by atoms with Crippen LogP contribution in [0.2, 0.25) is 0 Å². The zero-order valence-electron chi connectivity index (χ0n) is 21.9. The van der Waals surface area contributed by atoms with Gasteiger partial charge in [-0.3, -0.25) is 9.79 Å². The summed E-state index contributed by atoms with van der Waals surface area (Å²) < 4.78 is 0. The van der Waals surface area contributed by atoms with Crippen LogP contribution in [0.3, 0.4) is 0 Å². The lowest BCUT2D eigenvalue weighted by molar-refractivity contribution is -0.134. The quantitative estimate of drug-likeness (QED) is 0.290. The summed E-state index contributed by atoms with van der Waals surface area (Å²) in [6.45, 7) is 17.0. The number of aryl methyl sites for hydroxylation is 1. The van der Waals surface area contributed by atoms with E-state index in [9.17, 15) is 4.79 Å². The summed E-state index contributed by atoms with van der Waals surface area (Å²) in [4.78, 5) is 20.8. The molecule has 2 unspecified atom stereocenters. The summed E-state index contributed by atoms with van der Waals surface area (Å²) in [7, 11) is 0. The van der Waals surface area contributed by atoms with E-state index in [-0.39, 0.29) is 17.4 Å². The fourth-order valence-corrected chi connectivity index (χ4v) is 4.86. The van der Waals surface area contributed by atoms with Crippen molar-refractivity contribution in [3.8, 4) is 0 Å². The highest BCUT2D eigenvalue weighted by molar-refractivity contribution is 8.10. The normalized spacial score (nSPS) is 17.8. The van der Waals surface area contributed by atoms with E-state index in [0.717, 1.165) is 44.4 Å². The fraction of sp³-hybridized carbons (Fsp3) is 0.517.